The third kappa shape index (κ3) is 3.10. The normalized spacial score (nSPS) is 27.8. The molecule has 0 heterocycles. The molecule has 21 heavy (non-hydrogen) atoms. The first kappa shape index (κ1) is 14.5. The minimum Gasteiger partial charge on any atom is -0.325 e. The van der Waals surface area contributed by atoms with Gasteiger partial charge in [-0.25, -0.2) is 0 Å². The fourth-order valence-corrected chi connectivity index (χ4v) is 4.47. The van der Waals surface area contributed by atoms with Gasteiger partial charge in [-0.3, -0.25) is 4.79 Å². The van der Waals surface area contributed by atoms with Crippen molar-refractivity contribution in [1.82, 2.24) is 0 Å². The maximum absolute atomic E-state index is 13.2. The second-order valence-corrected chi connectivity index (χ2v) is 7.44. The number of fused-ring (bicyclic) bond motifs is 2. The van der Waals surface area contributed by atoms with E-state index < -0.39 is 15.1 Å². The molecule has 2 saturated carbocycles. The van der Waals surface area contributed by atoms with Crippen LogP contribution in [0.2, 0.25) is 0 Å². The second kappa shape index (κ2) is 5.40. The lowest BCUT2D eigenvalue weighted by molar-refractivity contribution is -0.117. The number of carbonyl (C=O) groups excluding carboxylic acids is 1. The quantitative estimate of drug-likeness (QED) is 0.869. The molecule has 0 aromatic heterocycles. The number of hydrogen-bond acceptors (Lipinski definition) is 3. The smallest absolute Gasteiger partial charge is 0.325 e. The zero-order chi connectivity index (χ0) is 15.0. The van der Waals surface area contributed by atoms with Crippen LogP contribution in [0.4, 0.5) is 9.57 Å². The average Bonchev–Trinajstić information content (AvgIpc) is 3.00. The lowest BCUT2D eigenvalue weighted by Crippen LogP contribution is -2.21. The van der Waals surface area contributed by atoms with E-state index in [2.05, 4.69) is 5.32 Å². The van der Waals surface area contributed by atoms with Crippen molar-refractivity contribution >= 4 is 21.8 Å². The summed E-state index contributed by atoms with van der Waals surface area (Å²) in [6.45, 7) is 0. The molecule has 4 nitrogen and oxygen atoms in total. The summed E-state index contributed by atoms with van der Waals surface area (Å²) in [6.07, 6.45) is 5.15. The molecule has 2 aliphatic carbocycles. The predicted molar refractivity (Wildman–Crippen MR) is 76.9 cm³/mol. The van der Waals surface area contributed by atoms with Gasteiger partial charge in [0.2, 0.25) is 5.91 Å². The molecule has 1 aromatic carbocycles. The molecule has 0 spiro atoms. The molecular formula is C15H18FNO3S. The summed E-state index contributed by atoms with van der Waals surface area (Å²) in [5.41, 5.74) is 0.0214. The Hall–Kier alpha value is -1.43. The van der Waals surface area contributed by atoms with Crippen LogP contribution in [-0.4, -0.2) is 14.3 Å². The van der Waals surface area contributed by atoms with Crippen LogP contribution in [-0.2, 0) is 15.0 Å². The standard InChI is InChI=1S/C15H18FNO3S/c16-21(19,20)14-4-2-1-3-13(14)17-15(18)9-12-8-10-5-6-11(12)7-10/h1-4,10-12H,5-9H2,(H,17,18). The van der Waals surface area contributed by atoms with E-state index in [-0.39, 0.29) is 11.6 Å². The van der Waals surface area contributed by atoms with Gasteiger partial charge in [0.05, 0.1) is 5.69 Å². The molecule has 114 valence electrons. The summed E-state index contributed by atoms with van der Waals surface area (Å²) in [4.78, 5) is 11.6. The Bertz CT molecular complexity index is 659. The van der Waals surface area contributed by atoms with Gasteiger partial charge in [-0.15, -0.1) is 3.89 Å². The number of amides is 1. The first-order valence-electron chi connectivity index (χ1n) is 7.27. The molecule has 2 aliphatic rings. The topological polar surface area (TPSA) is 63.2 Å². The Morgan fingerprint density at radius 3 is 2.62 bits per heavy atom. The summed E-state index contributed by atoms with van der Waals surface area (Å²) >= 11 is 0. The molecule has 1 N–H and O–H groups in total. The van der Waals surface area contributed by atoms with Crippen molar-refractivity contribution in [3.63, 3.8) is 0 Å². The summed E-state index contributed by atoms with van der Waals surface area (Å²) < 4.78 is 35.3. The Morgan fingerprint density at radius 1 is 1.24 bits per heavy atom. The second-order valence-electron chi connectivity index (χ2n) is 6.12. The number of carbonyl (C=O) groups is 1. The van der Waals surface area contributed by atoms with Crippen LogP contribution in [0.5, 0.6) is 0 Å². The van der Waals surface area contributed by atoms with Crippen molar-refractivity contribution in [3.05, 3.63) is 24.3 Å². The van der Waals surface area contributed by atoms with Crippen LogP contribution in [0.3, 0.4) is 0 Å². The van der Waals surface area contributed by atoms with Gasteiger partial charge in [-0.1, -0.05) is 18.6 Å². The van der Waals surface area contributed by atoms with E-state index in [1.54, 1.807) is 6.07 Å². The highest BCUT2D eigenvalue weighted by atomic mass is 32.3. The number of anilines is 1. The lowest BCUT2D eigenvalue weighted by Gasteiger charge is -2.21. The monoisotopic (exact) mass is 311 g/mol. The average molecular weight is 311 g/mol. The van der Waals surface area contributed by atoms with Gasteiger partial charge in [0.15, 0.2) is 0 Å². The van der Waals surface area contributed by atoms with Crippen molar-refractivity contribution in [1.29, 1.82) is 0 Å². The maximum Gasteiger partial charge on any atom is 0.334 e. The van der Waals surface area contributed by atoms with Gasteiger partial charge in [0, 0.05) is 6.42 Å². The van der Waals surface area contributed by atoms with Gasteiger partial charge in [0.25, 0.3) is 0 Å². The molecule has 3 rings (SSSR count). The van der Waals surface area contributed by atoms with E-state index >= 15 is 0 Å². The van der Waals surface area contributed by atoms with Gasteiger partial charge >= 0.3 is 10.2 Å². The molecule has 6 heteroatoms. The fraction of sp³-hybridized carbons (Fsp3) is 0.533. The number of rotatable bonds is 4. The minimum atomic E-state index is -4.83. The van der Waals surface area contributed by atoms with Crippen LogP contribution in [0.15, 0.2) is 29.2 Å². The molecular weight excluding hydrogens is 293 g/mol. The Balaban J connectivity index is 1.68. The summed E-state index contributed by atoms with van der Waals surface area (Å²) in [7, 11) is -4.83. The van der Waals surface area contributed by atoms with Gasteiger partial charge in [-0.2, -0.15) is 8.42 Å². The summed E-state index contributed by atoms with van der Waals surface area (Å²) in [6, 6.07) is 5.56. The molecule has 1 amide bonds. The van der Waals surface area contributed by atoms with E-state index in [1.165, 1.54) is 31.4 Å². The number of halogens is 1. The number of benzene rings is 1. The van der Waals surface area contributed by atoms with Crippen LogP contribution in [0.1, 0.15) is 32.1 Å². The zero-order valence-corrected chi connectivity index (χ0v) is 12.4. The molecule has 2 fully saturated rings. The highest BCUT2D eigenvalue weighted by Crippen LogP contribution is 2.49. The first-order chi connectivity index (χ1) is 9.93. The van der Waals surface area contributed by atoms with E-state index in [0.717, 1.165) is 18.4 Å². The van der Waals surface area contributed by atoms with Crippen LogP contribution in [0.25, 0.3) is 0 Å². The highest BCUT2D eigenvalue weighted by Gasteiger charge is 2.40. The summed E-state index contributed by atoms with van der Waals surface area (Å²) in [5.74, 6) is 1.54. The predicted octanol–water partition coefficient (Wildman–Crippen LogP) is 3.11. The van der Waals surface area contributed by atoms with Gasteiger partial charge in [-0.05, 0) is 49.1 Å². The van der Waals surface area contributed by atoms with Crippen molar-refractivity contribution < 1.29 is 17.1 Å². The maximum atomic E-state index is 13.2. The fourth-order valence-electron chi connectivity index (χ4n) is 3.85. The Labute approximate surface area is 124 Å². The van der Waals surface area contributed by atoms with Crippen molar-refractivity contribution in [3.8, 4) is 0 Å². The van der Waals surface area contributed by atoms with E-state index in [1.807, 2.05) is 0 Å². The van der Waals surface area contributed by atoms with Gasteiger partial charge < -0.3 is 5.32 Å². The molecule has 3 atom stereocenters. The Kier molecular flexibility index (Phi) is 3.73. The highest BCUT2D eigenvalue weighted by molar-refractivity contribution is 7.86. The largest absolute Gasteiger partial charge is 0.334 e. The first-order valence-corrected chi connectivity index (χ1v) is 8.65. The van der Waals surface area contributed by atoms with Crippen LogP contribution in [0, 0.1) is 17.8 Å². The molecule has 2 bridgehead atoms. The van der Waals surface area contributed by atoms with E-state index in [9.17, 15) is 17.1 Å². The van der Waals surface area contributed by atoms with Gasteiger partial charge in [0.1, 0.15) is 4.90 Å². The number of hydrogen-bond donors (Lipinski definition) is 1. The molecule has 3 unspecified atom stereocenters. The minimum absolute atomic E-state index is 0.0214. The molecule has 0 radical (unpaired) electrons. The SMILES string of the molecule is O=C(CC1CC2CCC1C2)Nc1ccccc1S(=O)(=O)F. The lowest BCUT2D eigenvalue weighted by atomic mass is 9.86. The molecule has 1 aromatic rings. The van der Waals surface area contributed by atoms with Crippen LogP contribution >= 0.6 is 0 Å². The Morgan fingerprint density at radius 2 is 2.00 bits per heavy atom. The van der Waals surface area contributed by atoms with E-state index in [0.29, 0.717) is 18.3 Å². The van der Waals surface area contributed by atoms with Crippen molar-refractivity contribution in [2.75, 3.05) is 5.32 Å². The molecule has 0 saturated heterocycles. The third-order valence-electron chi connectivity index (χ3n) is 4.76. The van der Waals surface area contributed by atoms with Crippen molar-refractivity contribution in [2.24, 2.45) is 17.8 Å². The number of para-hydroxylation sites is 1. The third-order valence-corrected chi connectivity index (χ3v) is 5.64. The zero-order valence-electron chi connectivity index (χ0n) is 11.6. The van der Waals surface area contributed by atoms with Crippen molar-refractivity contribution in [2.45, 2.75) is 37.0 Å². The number of nitrogens with one attached hydrogen (secondary N) is 1. The summed E-state index contributed by atoms with van der Waals surface area (Å²) in [5, 5.41) is 2.55. The van der Waals surface area contributed by atoms with E-state index in [4.69, 9.17) is 0 Å². The molecule has 0 aliphatic heterocycles. The van der Waals surface area contributed by atoms with Crippen LogP contribution < -0.4 is 5.32 Å².